The number of nitrogens with two attached hydrogens (primary N) is 1. The van der Waals surface area contributed by atoms with Gasteiger partial charge in [0.2, 0.25) is 11.8 Å². The summed E-state index contributed by atoms with van der Waals surface area (Å²) in [5.74, 6) is 0.0914. The van der Waals surface area contributed by atoms with Crippen LogP contribution in [0.2, 0.25) is 0 Å². The van der Waals surface area contributed by atoms with Gasteiger partial charge in [0.05, 0.1) is 69.7 Å². The number of aryl methyl sites for hydroxylation is 1. The first-order valence-electron chi connectivity index (χ1n) is 26.2. The first-order chi connectivity index (χ1) is 38.5. The number of fused-ring (bicyclic) bond motifs is 1. The van der Waals surface area contributed by atoms with E-state index in [0.717, 1.165) is 31.8 Å². The summed E-state index contributed by atoms with van der Waals surface area (Å²) in [5.41, 5.74) is 10.1. The number of anilines is 2. The number of halogens is 1. The van der Waals surface area contributed by atoms with Crippen molar-refractivity contribution in [2.45, 2.75) is 72.1 Å². The molecule has 0 bridgehead atoms. The summed E-state index contributed by atoms with van der Waals surface area (Å²) in [6.45, 7) is 8.45. The third kappa shape index (κ3) is 20.2. The number of amides is 7. The van der Waals surface area contributed by atoms with E-state index in [0.29, 0.717) is 54.0 Å². The highest BCUT2D eigenvalue weighted by atomic mass is 79.9. The summed E-state index contributed by atoms with van der Waals surface area (Å²) in [5, 5.41) is 11.7. The number of hydrogen-bond acceptors (Lipinski definition) is 13. The van der Waals surface area contributed by atoms with Gasteiger partial charge in [0, 0.05) is 89.2 Å². The molecule has 0 aliphatic carbocycles. The number of ketones is 1. The molecule has 430 valence electrons. The number of aromatic nitrogens is 3. The molecular formula is C59H71BrN10O11. The van der Waals surface area contributed by atoms with E-state index in [-0.39, 0.29) is 127 Å². The number of Topliss-reactive ketones (excluding diaryl/α,β-unsaturated/α-hetero) is 1. The molecule has 22 heteroatoms. The fourth-order valence-corrected chi connectivity index (χ4v) is 9.12. The zero-order valence-electron chi connectivity index (χ0n) is 46.1. The number of nitrogens with one attached hydrogen (secondary N) is 5. The molecular weight excluding hydrogens is 1100 g/mol. The molecule has 81 heavy (non-hydrogen) atoms. The molecule has 0 saturated heterocycles. The van der Waals surface area contributed by atoms with Crippen LogP contribution in [0.3, 0.4) is 0 Å². The van der Waals surface area contributed by atoms with Crippen molar-refractivity contribution in [2.75, 3.05) is 69.5 Å². The number of primary amides is 1. The topological polar surface area (TPSA) is 277 Å². The van der Waals surface area contributed by atoms with E-state index < -0.39 is 23.9 Å². The van der Waals surface area contributed by atoms with Crippen LogP contribution in [0.4, 0.5) is 16.2 Å². The molecule has 3 heterocycles. The Hall–Kier alpha value is -8.10. The van der Waals surface area contributed by atoms with E-state index in [4.69, 9.17) is 26.4 Å². The van der Waals surface area contributed by atoms with Crippen LogP contribution >= 0.6 is 15.9 Å². The highest BCUT2D eigenvalue weighted by Crippen LogP contribution is 2.26. The van der Waals surface area contributed by atoms with E-state index in [1.807, 2.05) is 78.2 Å². The maximum absolute atomic E-state index is 13.8. The Morgan fingerprint density at radius 1 is 0.889 bits per heavy atom. The molecule has 0 fully saturated rings. The molecule has 1 aliphatic heterocycles. The van der Waals surface area contributed by atoms with Crippen LogP contribution < -0.4 is 42.0 Å². The third-order valence-corrected chi connectivity index (χ3v) is 13.6. The van der Waals surface area contributed by atoms with Gasteiger partial charge in [0.25, 0.3) is 23.3 Å². The van der Waals surface area contributed by atoms with Crippen LogP contribution in [0.1, 0.15) is 72.4 Å². The van der Waals surface area contributed by atoms with Crippen molar-refractivity contribution < 1.29 is 52.3 Å². The Labute approximate surface area is 479 Å². The number of pyridine rings is 1. The molecule has 21 nitrogen and oxygen atoms in total. The number of rotatable bonds is 32. The van der Waals surface area contributed by atoms with Gasteiger partial charge in [-0.05, 0) is 85.8 Å². The summed E-state index contributed by atoms with van der Waals surface area (Å²) < 4.78 is 19.2. The number of ether oxygens (including phenoxy) is 3. The molecule has 1 aliphatic rings. The minimum absolute atomic E-state index is 0. The molecule has 5 aromatic rings. The minimum Gasteiger partial charge on any atom is -0.379 e. The van der Waals surface area contributed by atoms with Crippen molar-refractivity contribution in [3.05, 3.63) is 148 Å². The van der Waals surface area contributed by atoms with E-state index in [1.54, 1.807) is 37.3 Å². The van der Waals surface area contributed by atoms with Gasteiger partial charge >= 0.3 is 6.03 Å². The normalized spacial score (nSPS) is 12.6. The molecule has 2 aromatic heterocycles. The van der Waals surface area contributed by atoms with Gasteiger partial charge in [-0.2, -0.15) is 0 Å². The second-order valence-corrected chi connectivity index (χ2v) is 20.2. The first kappa shape index (κ1) is 63.7. The van der Waals surface area contributed by atoms with Crippen molar-refractivity contribution in [2.24, 2.45) is 17.6 Å². The largest absolute Gasteiger partial charge is 0.379 e. The SMILES string of the molecule is C#CCN(Cc1cc2c(=O)[nH]c(C)nc2cc1Br)c1ccc(C(=O)NCc2ccc[n+](Cc3ccc(NC(=O)[C@H](CCCNC(N)=O)CC(=O)[C@@H](NC(=O)CCOCCOCCOCCN4C(=O)C=CC4=O)C(C)C)cc3)c2)cc1.[CH3-]. The fourth-order valence-electron chi connectivity index (χ4n) is 8.67. The molecule has 0 radical (unpaired) electrons. The Morgan fingerprint density at radius 2 is 1.57 bits per heavy atom. The van der Waals surface area contributed by atoms with E-state index in [9.17, 15) is 38.4 Å². The molecule has 0 saturated carbocycles. The number of benzene rings is 3. The van der Waals surface area contributed by atoms with E-state index in [2.05, 4.69) is 53.1 Å². The maximum Gasteiger partial charge on any atom is 0.312 e. The molecule has 7 amide bonds. The van der Waals surface area contributed by atoms with Crippen molar-refractivity contribution in [3.63, 3.8) is 0 Å². The molecule has 3 aromatic carbocycles. The smallest absolute Gasteiger partial charge is 0.312 e. The first-order valence-corrected chi connectivity index (χ1v) is 27.0. The third-order valence-electron chi connectivity index (χ3n) is 12.8. The fraction of sp³-hybridized carbons (Fsp3) is 0.373. The summed E-state index contributed by atoms with van der Waals surface area (Å²) in [6, 6.07) is 20.3. The highest BCUT2D eigenvalue weighted by molar-refractivity contribution is 9.10. The van der Waals surface area contributed by atoms with Gasteiger partial charge < -0.3 is 58.5 Å². The van der Waals surface area contributed by atoms with Crippen molar-refractivity contribution in [3.8, 4) is 12.3 Å². The van der Waals surface area contributed by atoms with E-state index in [1.165, 1.54) is 12.2 Å². The molecule has 0 spiro atoms. The lowest BCUT2D eigenvalue weighted by atomic mass is 9.89. The standard InChI is InChI=1S/C58H67BrN10O11.CH3/c1-5-22-68(37-44-31-47-49(33-48(44)59)63-39(4)64-57(47)76)46-16-12-42(13-17-46)55(74)62-34-41-8-7-23-67(36-41)35-40-10-14-45(15-11-40)65-56(75)43(9-6-21-61-58(60)77)32-50(70)54(38(2)3)66-51(71)20-25-78-27-29-80-30-28-79-26-24-69-52(72)18-19-53(69)73;/h1,7-8,10-19,23,31,33,36,38,43,54H,6,9,20-22,24-30,32,34-35,37H2,2-4H3,(H6-,60,61,62,63,64,65,66,71,74,75,76,77);1H3/q;-1/p+1/t43-,54+;/m1./s1. The second kappa shape index (κ2) is 32.2. The Balaban J connectivity index is 0.0000120. The summed E-state index contributed by atoms with van der Waals surface area (Å²) in [4.78, 5) is 111. The number of carbonyl (C=O) groups is 7. The number of nitrogens with zero attached hydrogens (tertiary/aromatic N) is 4. The number of H-pyrrole nitrogens is 1. The Kier molecular flexibility index (Phi) is 25.4. The van der Waals surface area contributed by atoms with Crippen molar-refractivity contribution in [1.29, 1.82) is 0 Å². The number of aromatic amines is 1. The van der Waals surface area contributed by atoms with Gasteiger partial charge in [-0.25, -0.2) is 14.3 Å². The Morgan fingerprint density at radius 3 is 2.23 bits per heavy atom. The number of hydrogen-bond donors (Lipinski definition) is 6. The summed E-state index contributed by atoms with van der Waals surface area (Å²) >= 11 is 3.63. The van der Waals surface area contributed by atoms with Gasteiger partial charge in [-0.1, -0.05) is 47.8 Å². The van der Waals surface area contributed by atoms with Crippen LogP contribution in [0.15, 0.2) is 107 Å². The van der Waals surface area contributed by atoms with Gasteiger partial charge in [0.1, 0.15) is 5.82 Å². The van der Waals surface area contributed by atoms with Crippen LogP contribution in [-0.2, 0) is 57.8 Å². The number of imide groups is 1. The molecule has 6 rings (SSSR count). The lowest BCUT2D eigenvalue weighted by Crippen LogP contribution is -2.45. The monoisotopic (exact) mass is 1170 g/mol. The Bertz CT molecular complexity index is 3110. The molecule has 7 N–H and O–H groups in total. The molecule has 2 atom stereocenters. The summed E-state index contributed by atoms with van der Waals surface area (Å²) in [7, 11) is 0. The van der Waals surface area contributed by atoms with Gasteiger partial charge in [-0.15, -0.1) is 6.42 Å². The predicted octanol–water partition coefficient (Wildman–Crippen LogP) is 4.82. The summed E-state index contributed by atoms with van der Waals surface area (Å²) in [6.07, 6.45) is 12.5. The average molecular weight is 1180 g/mol. The average Bonchev–Trinajstić information content (AvgIpc) is 3.75. The quantitative estimate of drug-likeness (QED) is 0.0111. The minimum atomic E-state index is -0.861. The molecule has 0 unspecified atom stereocenters. The highest BCUT2D eigenvalue weighted by Gasteiger charge is 2.30. The van der Waals surface area contributed by atoms with Crippen LogP contribution in [0.5, 0.6) is 0 Å². The van der Waals surface area contributed by atoms with Crippen molar-refractivity contribution in [1.82, 2.24) is 30.8 Å². The van der Waals surface area contributed by atoms with Crippen molar-refractivity contribution >= 4 is 79.6 Å². The van der Waals surface area contributed by atoms with Crippen LogP contribution in [-0.4, -0.2) is 122 Å². The number of terminal acetylenes is 1. The van der Waals surface area contributed by atoms with Gasteiger partial charge in [0.15, 0.2) is 24.7 Å². The maximum atomic E-state index is 13.8. The number of urea groups is 1. The lowest BCUT2D eigenvalue weighted by Gasteiger charge is -2.24. The van der Waals surface area contributed by atoms with Crippen LogP contribution in [0, 0.1) is 38.5 Å². The predicted molar refractivity (Wildman–Crippen MR) is 309 cm³/mol. The number of carbonyl (C=O) groups excluding carboxylic acids is 7. The van der Waals surface area contributed by atoms with E-state index >= 15 is 0 Å². The zero-order chi connectivity index (χ0) is 57.6. The van der Waals surface area contributed by atoms with Gasteiger partial charge in [-0.3, -0.25) is 38.5 Å². The second-order valence-electron chi connectivity index (χ2n) is 19.3. The van der Waals surface area contributed by atoms with Crippen LogP contribution in [0.25, 0.3) is 10.9 Å². The lowest BCUT2D eigenvalue weighted by molar-refractivity contribution is -0.688. The zero-order valence-corrected chi connectivity index (χ0v) is 47.7.